The number of benzene rings is 2. The minimum Gasteiger partial charge on any atom is -0.396 e. The largest absolute Gasteiger partial charge is 0.396 e. The Labute approximate surface area is 141 Å². The Balaban J connectivity index is 1.96. The molecule has 0 aliphatic rings. The van der Waals surface area contributed by atoms with Crippen molar-refractivity contribution in [3.8, 4) is 0 Å². The summed E-state index contributed by atoms with van der Waals surface area (Å²) in [4.78, 5) is 12.2. The number of aliphatic hydroxyl groups is 1. The van der Waals surface area contributed by atoms with Gasteiger partial charge in [-0.05, 0) is 35.9 Å². The smallest absolute Gasteiger partial charge is 0.319 e. The molecule has 0 aliphatic carbocycles. The van der Waals surface area contributed by atoms with Crippen molar-refractivity contribution in [3.05, 3.63) is 65.7 Å². The van der Waals surface area contributed by atoms with E-state index in [0.29, 0.717) is 6.42 Å². The summed E-state index contributed by atoms with van der Waals surface area (Å²) in [5.74, 6) is 0.957. The number of thioether (sulfide) groups is 1. The van der Waals surface area contributed by atoms with Gasteiger partial charge in [-0.25, -0.2) is 4.79 Å². The second-order valence-corrected chi connectivity index (χ2v) is 6.07. The Morgan fingerprint density at radius 3 is 2.43 bits per heavy atom. The van der Waals surface area contributed by atoms with Gasteiger partial charge in [0.2, 0.25) is 0 Å². The number of nitrogens with one attached hydrogen (secondary N) is 2. The minimum atomic E-state index is -0.273. The van der Waals surface area contributed by atoms with Gasteiger partial charge < -0.3 is 15.7 Å². The SMILES string of the molecule is CSCc1ccc(NC(=O)N[C@H](CCO)c2ccccc2)cc1. The molecule has 122 valence electrons. The van der Waals surface area contributed by atoms with E-state index in [1.807, 2.05) is 54.6 Å². The Bertz CT molecular complexity index is 602. The normalized spacial score (nSPS) is 11.7. The second-order valence-electron chi connectivity index (χ2n) is 5.20. The average Bonchev–Trinajstić information content (AvgIpc) is 2.57. The van der Waals surface area contributed by atoms with E-state index in [1.54, 1.807) is 11.8 Å². The molecule has 0 fully saturated rings. The summed E-state index contributed by atoms with van der Waals surface area (Å²) in [7, 11) is 0. The maximum Gasteiger partial charge on any atom is 0.319 e. The lowest BCUT2D eigenvalue weighted by Gasteiger charge is -2.18. The van der Waals surface area contributed by atoms with Crippen molar-refractivity contribution in [1.82, 2.24) is 5.32 Å². The minimum absolute atomic E-state index is 0.0171. The number of anilines is 1. The predicted octanol–water partition coefficient (Wildman–Crippen LogP) is 3.79. The number of urea groups is 1. The van der Waals surface area contributed by atoms with Gasteiger partial charge >= 0.3 is 6.03 Å². The van der Waals surface area contributed by atoms with Gasteiger partial charge in [0.05, 0.1) is 6.04 Å². The Morgan fingerprint density at radius 1 is 1.13 bits per heavy atom. The first kappa shape index (κ1) is 17.4. The first-order valence-electron chi connectivity index (χ1n) is 7.54. The summed E-state index contributed by atoms with van der Waals surface area (Å²) in [5, 5.41) is 14.9. The van der Waals surface area contributed by atoms with E-state index in [-0.39, 0.29) is 18.7 Å². The standard InChI is InChI=1S/C18H22N2O2S/c1-23-13-14-7-9-16(10-8-14)19-18(22)20-17(11-12-21)15-5-3-2-4-6-15/h2-10,17,21H,11-13H2,1H3,(H2,19,20,22)/t17-/m1/s1. The highest BCUT2D eigenvalue weighted by Gasteiger charge is 2.13. The highest BCUT2D eigenvalue weighted by molar-refractivity contribution is 7.97. The van der Waals surface area contributed by atoms with Crippen LogP contribution < -0.4 is 10.6 Å². The molecular formula is C18H22N2O2S. The number of hydrogen-bond acceptors (Lipinski definition) is 3. The van der Waals surface area contributed by atoms with Gasteiger partial charge in [-0.3, -0.25) is 0 Å². The molecule has 0 saturated carbocycles. The van der Waals surface area contributed by atoms with Gasteiger partial charge in [0.1, 0.15) is 0 Å². The fourth-order valence-corrected chi connectivity index (χ4v) is 2.84. The lowest BCUT2D eigenvalue weighted by molar-refractivity contribution is 0.239. The molecule has 4 nitrogen and oxygen atoms in total. The molecule has 0 spiro atoms. The Morgan fingerprint density at radius 2 is 1.83 bits per heavy atom. The van der Waals surface area contributed by atoms with Crippen molar-refractivity contribution in [2.75, 3.05) is 18.2 Å². The molecule has 0 heterocycles. The van der Waals surface area contributed by atoms with E-state index in [9.17, 15) is 9.90 Å². The maximum absolute atomic E-state index is 12.2. The topological polar surface area (TPSA) is 61.4 Å². The van der Waals surface area contributed by atoms with Crippen LogP contribution in [0.3, 0.4) is 0 Å². The van der Waals surface area contributed by atoms with E-state index in [0.717, 1.165) is 17.0 Å². The van der Waals surface area contributed by atoms with Gasteiger partial charge in [-0.2, -0.15) is 11.8 Å². The lowest BCUT2D eigenvalue weighted by Crippen LogP contribution is -2.33. The first-order valence-corrected chi connectivity index (χ1v) is 8.93. The second kappa shape index (κ2) is 9.22. The molecule has 23 heavy (non-hydrogen) atoms. The number of aliphatic hydroxyl groups excluding tert-OH is 1. The highest BCUT2D eigenvalue weighted by atomic mass is 32.2. The molecule has 0 aromatic heterocycles. The summed E-state index contributed by atoms with van der Waals surface area (Å²) in [6.07, 6.45) is 2.54. The third-order valence-electron chi connectivity index (χ3n) is 3.45. The van der Waals surface area contributed by atoms with Crippen molar-refractivity contribution < 1.29 is 9.90 Å². The number of carbonyl (C=O) groups excluding carboxylic acids is 1. The van der Waals surface area contributed by atoms with Crippen LogP contribution >= 0.6 is 11.8 Å². The number of rotatable bonds is 7. The Hall–Kier alpha value is -1.98. The zero-order valence-electron chi connectivity index (χ0n) is 13.2. The summed E-state index contributed by atoms with van der Waals surface area (Å²) in [6, 6.07) is 17.0. The van der Waals surface area contributed by atoms with Crippen LogP contribution in [0.25, 0.3) is 0 Å². The molecule has 2 rings (SSSR count). The average molecular weight is 330 g/mol. The number of carbonyl (C=O) groups is 1. The van der Waals surface area contributed by atoms with Gasteiger partial charge in [0.15, 0.2) is 0 Å². The van der Waals surface area contributed by atoms with Crippen LogP contribution in [0.1, 0.15) is 23.6 Å². The summed E-state index contributed by atoms with van der Waals surface area (Å²) in [5.41, 5.74) is 2.96. The summed E-state index contributed by atoms with van der Waals surface area (Å²) in [6.45, 7) is 0.0171. The first-order chi connectivity index (χ1) is 11.2. The molecule has 0 saturated heterocycles. The lowest BCUT2D eigenvalue weighted by atomic mass is 10.0. The van der Waals surface area contributed by atoms with Crippen LogP contribution in [0.5, 0.6) is 0 Å². The molecule has 0 bridgehead atoms. The van der Waals surface area contributed by atoms with Gasteiger partial charge in [0.25, 0.3) is 0 Å². The molecule has 5 heteroatoms. The van der Waals surface area contributed by atoms with Crippen LogP contribution in [0.2, 0.25) is 0 Å². The van der Waals surface area contributed by atoms with E-state index >= 15 is 0 Å². The number of amides is 2. The molecule has 3 N–H and O–H groups in total. The van der Waals surface area contributed by atoms with Gasteiger partial charge in [0, 0.05) is 18.0 Å². The van der Waals surface area contributed by atoms with Crippen molar-refractivity contribution in [1.29, 1.82) is 0 Å². The third kappa shape index (κ3) is 5.62. The van der Waals surface area contributed by atoms with Crippen LogP contribution in [0, 0.1) is 0 Å². The van der Waals surface area contributed by atoms with Gasteiger partial charge in [-0.1, -0.05) is 42.5 Å². The zero-order valence-corrected chi connectivity index (χ0v) is 14.0. The van der Waals surface area contributed by atoms with Crippen LogP contribution in [-0.2, 0) is 5.75 Å². The quantitative estimate of drug-likeness (QED) is 0.724. The molecule has 2 aromatic carbocycles. The van der Waals surface area contributed by atoms with E-state index in [4.69, 9.17) is 0 Å². The third-order valence-corrected chi connectivity index (χ3v) is 4.07. The molecule has 2 aromatic rings. The fraction of sp³-hybridized carbons (Fsp3) is 0.278. The van der Waals surface area contributed by atoms with Crippen molar-refractivity contribution in [2.45, 2.75) is 18.2 Å². The van der Waals surface area contributed by atoms with Crippen molar-refractivity contribution in [3.63, 3.8) is 0 Å². The fourth-order valence-electron chi connectivity index (χ4n) is 2.31. The van der Waals surface area contributed by atoms with Gasteiger partial charge in [-0.15, -0.1) is 0 Å². The monoisotopic (exact) mass is 330 g/mol. The van der Waals surface area contributed by atoms with E-state index < -0.39 is 0 Å². The van der Waals surface area contributed by atoms with Crippen molar-refractivity contribution in [2.24, 2.45) is 0 Å². The molecule has 2 amide bonds. The Kier molecular flexibility index (Phi) is 6.97. The van der Waals surface area contributed by atoms with E-state index in [2.05, 4.69) is 16.9 Å². The molecule has 1 atom stereocenters. The molecule has 0 unspecified atom stereocenters. The van der Waals surface area contributed by atoms with Crippen molar-refractivity contribution >= 4 is 23.5 Å². The van der Waals surface area contributed by atoms with Crippen LogP contribution in [-0.4, -0.2) is 24.0 Å². The molecule has 0 radical (unpaired) electrons. The van der Waals surface area contributed by atoms with E-state index in [1.165, 1.54) is 5.56 Å². The highest BCUT2D eigenvalue weighted by Crippen LogP contribution is 2.17. The number of hydrogen-bond donors (Lipinski definition) is 3. The predicted molar refractivity (Wildman–Crippen MR) is 96.7 cm³/mol. The van der Waals surface area contributed by atoms with Crippen LogP contribution in [0.4, 0.5) is 10.5 Å². The summed E-state index contributed by atoms with van der Waals surface area (Å²) >= 11 is 1.76. The van der Waals surface area contributed by atoms with Crippen LogP contribution in [0.15, 0.2) is 54.6 Å². The molecular weight excluding hydrogens is 308 g/mol. The molecule has 0 aliphatic heterocycles. The summed E-state index contributed by atoms with van der Waals surface area (Å²) < 4.78 is 0. The zero-order chi connectivity index (χ0) is 16.5. The maximum atomic E-state index is 12.2.